The van der Waals surface area contributed by atoms with Crippen molar-refractivity contribution in [3.05, 3.63) is 0 Å². The minimum absolute atomic E-state index is 0.0144. The van der Waals surface area contributed by atoms with E-state index in [0.717, 1.165) is 38.5 Å². The van der Waals surface area contributed by atoms with E-state index >= 15 is 0 Å². The first-order chi connectivity index (χ1) is 24.6. The van der Waals surface area contributed by atoms with Crippen LogP contribution < -0.4 is 21.3 Å². The Hall–Kier alpha value is -2.57. The first kappa shape index (κ1) is 48.4. The Morgan fingerprint density at radius 2 is 0.922 bits per heavy atom. The van der Waals surface area contributed by atoms with Gasteiger partial charge in [-0.15, -0.1) is 0 Å². The predicted octanol–water partition coefficient (Wildman–Crippen LogP) is 3.50. The molecule has 15 nitrogen and oxygen atoms in total. The number of carboxylic acids is 2. The third-order valence-electron chi connectivity index (χ3n) is 7.77. The Morgan fingerprint density at radius 1 is 0.490 bits per heavy atom. The Kier molecular flexibility index (Phi) is 34.0. The molecule has 0 radical (unpaired) electrons. The van der Waals surface area contributed by atoms with Gasteiger partial charge in [0.05, 0.1) is 37.5 Å². The normalized spacial score (nSPS) is 11.5. The first-order valence-electron chi connectivity index (χ1n) is 18.5. The summed E-state index contributed by atoms with van der Waals surface area (Å²) < 4.78 is 16.3. The second kappa shape index (κ2) is 35.8. The van der Waals surface area contributed by atoms with Gasteiger partial charge in [-0.1, -0.05) is 99.6 Å². The number of unbranched alkanes of at least 4 members (excludes halogenated alkanes) is 13. The Balaban J connectivity index is 3.67. The maximum absolute atomic E-state index is 12.3. The summed E-state index contributed by atoms with van der Waals surface area (Å²) in [6.45, 7) is 2.15. The minimum atomic E-state index is -1.17. The van der Waals surface area contributed by atoms with Crippen LogP contribution >= 0.6 is 22.6 Å². The van der Waals surface area contributed by atoms with E-state index in [0.29, 0.717) is 37.2 Å². The van der Waals surface area contributed by atoms with Gasteiger partial charge in [-0.05, 0) is 19.3 Å². The van der Waals surface area contributed by atoms with E-state index in [1.807, 2.05) is 22.6 Å². The van der Waals surface area contributed by atoms with Crippen molar-refractivity contribution in [1.82, 2.24) is 21.3 Å². The second-order valence-corrected chi connectivity index (χ2v) is 13.1. The number of aliphatic carboxylic acids is 2. The highest BCUT2D eigenvalue weighted by atomic mass is 127. The minimum Gasteiger partial charge on any atom is -0.481 e. The quantitative estimate of drug-likeness (QED) is 0.0302. The highest BCUT2D eigenvalue weighted by Crippen LogP contribution is 2.14. The zero-order valence-corrected chi connectivity index (χ0v) is 32.5. The van der Waals surface area contributed by atoms with Gasteiger partial charge in [0.25, 0.3) is 0 Å². The largest absolute Gasteiger partial charge is 0.481 e. The standard InChI is InChI=1S/C35H63IN4O11/c36-27-32(43)38-20-22-49-23-21-39-33(44)28-51-26-25-50-24-19-37-30(41)18-17-29(35(47)48)40-31(42)15-13-11-9-7-5-3-1-2-4-6-8-10-12-14-16-34(45)46/h29H,1-28H2,(H,37,41)(H,38,43)(H,39,44)(H,40,42)(H,45,46)(H,47,48)/t29-/m1/s1. The molecular formula is C35H63IN4O11. The average molecular weight is 843 g/mol. The van der Waals surface area contributed by atoms with Gasteiger partial charge in [0, 0.05) is 38.9 Å². The van der Waals surface area contributed by atoms with Crippen molar-refractivity contribution >= 4 is 58.2 Å². The van der Waals surface area contributed by atoms with E-state index in [1.54, 1.807) is 0 Å². The summed E-state index contributed by atoms with van der Waals surface area (Å²) in [7, 11) is 0. The van der Waals surface area contributed by atoms with Gasteiger partial charge < -0.3 is 45.7 Å². The van der Waals surface area contributed by atoms with E-state index in [1.165, 1.54) is 44.9 Å². The number of carbonyl (C=O) groups is 6. The summed E-state index contributed by atoms with van der Waals surface area (Å²) in [5.41, 5.74) is 0. The Labute approximate surface area is 317 Å². The van der Waals surface area contributed by atoms with E-state index in [2.05, 4.69) is 21.3 Å². The molecule has 51 heavy (non-hydrogen) atoms. The molecule has 16 heteroatoms. The lowest BCUT2D eigenvalue weighted by molar-refractivity contribution is -0.142. The van der Waals surface area contributed by atoms with Crippen molar-refractivity contribution in [3.63, 3.8) is 0 Å². The number of amides is 4. The number of hydrogen-bond acceptors (Lipinski definition) is 9. The molecule has 4 amide bonds. The molecule has 296 valence electrons. The van der Waals surface area contributed by atoms with Gasteiger partial charge >= 0.3 is 11.9 Å². The maximum Gasteiger partial charge on any atom is 0.326 e. The summed E-state index contributed by atoms with van der Waals surface area (Å²) in [4.78, 5) is 69.3. The highest BCUT2D eigenvalue weighted by molar-refractivity contribution is 14.1. The zero-order valence-electron chi connectivity index (χ0n) is 30.3. The van der Waals surface area contributed by atoms with Crippen LogP contribution in [0.15, 0.2) is 0 Å². The zero-order chi connectivity index (χ0) is 37.8. The molecule has 0 aliphatic rings. The number of hydrogen-bond donors (Lipinski definition) is 6. The number of nitrogens with one attached hydrogen (secondary N) is 4. The van der Waals surface area contributed by atoms with Crippen LogP contribution in [0, 0.1) is 0 Å². The molecule has 0 fully saturated rings. The molecule has 0 unspecified atom stereocenters. The van der Waals surface area contributed by atoms with Gasteiger partial charge in [-0.25, -0.2) is 4.79 Å². The van der Waals surface area contributed by atoms with Gasteiger partial charge in [0.15, 0.2) is 0 Å². The fourth-order valence-electron chi connectivity index (χ4n) is 4.94. The van der Waals surface area contributed by atoms with Crippen molar-refractivity contribution < 1.29 is 53.2 Å². The Morgan fingerprint density at radius 3 is 1.41 bits per heavy atom. The number of alkyl halides is 1. The molecule has 0 heterocycles. The molecule has 0 aromatic heterocycles. The first-order valence-corrected chi connectivity index (χ1v) is 20.0. The van der Waals surface area contributed by atoms with Gasteiger partial charge in [-0.3, -0.25) is 24.0 Å². The SMILES string of the molecule is O=C(O)CCCCCCCCCCCCCCCCC(=O)N[C@H](CCC(=O)NCCOCCOCC(=O)NCCOCCNC(=O)CI)C(=O)O. The van der Waals surface area contributed by atoms with Crippen LogP contribution in [0.3, 0.4) is 0 Å². The molecule has 0 saturated carbocycles. The van der Waals surface area contributed by atoms with E-state index in [4.69, 9.17) is 19.3 Å². The molecular weight excluding hydrogens is 779 g/mol. The number of ether oxygens (including phenoxy) is 3. The molecule has 0 aliphatic carbocycles. The summed E-state index contributed by atoms with van der Waals surface area (Å²) >= 11 is 1.97. The van der Waals surface area contributed by atoms with Crippen LogP contribution in [0.25, 0.3) is 0 Å². The molecule has 0 bridgehead atoms. The van der Waals surface area contributed by atoms with Crippen molar-refractivity contribution in [1.29, 1.82) is 0 Å². The molecule has 0 saturated heterocycles. The van der Waals surface area contributed by atoms with Crippen LogP contribution in [0.2, 0.25) is 0 Å². The molecule has 1 atom stereocenters. The van der Waals surface area contributed by atoms with E-state index in [9.17, 15) is 33.9 Å². The maximum atomic E-state index is 12.3. The number of rotatable bonds is 37. The van der Waals surface area contributed by atoms with Crippen LogP contribution in [0.5, 0.6) is 0 Å². The smallest absolute Gasteiger partial charge is 0.326 e. The molecule has 0 rings (SSSR count). The fraction of sp³-hybridized carbons (Fsp3) is 0.829. The van der Waals surface area contributed by atoms with E-state index < -0.39 is 18.0 Å². The van der Waals surface area contributed by atoms with Crippen LogP contribution in [0.1, 0.15) is 116 Å². The third kappa shape index (κ3) is 35.6. The number of carbonyl (C=O) groups excluding carboxylic acids is 4. The van der Waals surface area contributed by atoms with Gasteiger partial charge in [0.1, 0.15) is 12.6 Å². The lowest BCUT2D eigenvalue weighted by Crippen LogP contribution is -2.41. The third-order valence-corrected chi connectivity index (χ3v) is 8.46. The van der Waals surface area contributed by atoms with Crippen LogP contribution in [-0.2, 0) is 43.0 Å². The highest BCUT2D eigenvalue weighted by Gasteiger charge is 2.20. The molecule has 0 aromatic rings. The fourth-order valence-corrected chi connectivity index (χ4v) is 5.21. The van der Waals surface area contributed by atoms with Gasteiger partial charge in [-0.2, -0.15) is 0 Å². The molecule has 0 aliphatic heterocycles. The molecule has 6 N–H and O–H groups in total. The summed E-state index contributed by atoms with van der Waals surface area (Å²) in [6, 6.07) is -1.13. The second-order valence-electron chi connectivity index (χ2n) is 12.3. The summed E-state index contributed by atoms with van der Waals surface area (Å²) in [5, 5.41) is 28.6. The monoisotopic (exact) mass is 842 g/mol. The molecule has 0 aromatic carbocycles. The number of carboxylic acid groups (broad SMARTS) is 2. The van der Waals surface area contributed by atoms with Crippen LogP contribution in [0.4, 0.5) is 0 Å². The predicted molar refractivity (Wildman–Crippen MR) is 201 cm³/mol. The summed E-state index contributed by atoms with van der Waals surface area (Å²) in [5.74, 6) is -2.90. The molecule has 0 spiro atoms. The topological polar surface area (TPSA) is 219 Å². The van der Waals surface area contributed by atoms with Gasteiger partial charge in [0.2, 0.25) is 23.6 Å². The number of halogens is 1. The lowest BCUT2D eigenvalue weighted by Gasteiger charge is -2.14. The van der Waals surface area contributed by atoms with Crippen molar-refractivity contribution in [3.8, 4) is 0 Å². The van der Waals surface area contributed by atoms with E-state index in [-0.39, 0.29) is 82.3 Å². The van der Waals surface area contributed by atoms with Crippen molar-refractivity contribution in [2.75, 3.05) is 63.7 Å². The Bertz CT molecular complexity index is 959. The van der Waals surface area contributed by atoms with Crippen molar-refractivity contribution in [2.45, 2.75) is 122 Å². The van der Waals surface area contributed by atoms with Crippen LogP contribution in [-0.4, -0.2) is 116 Å². The summed E-state index contributed by atoms with van der Waals surface area (Å²) in [6.07, 6.45) is 15.6. The lowest BCUT2D eigenvalue weighted by atomic mass is 10.0. The van der Waals surface area contributed by atoms with Crippen molar-refractivity contribution in [2.24, 2.45) is 0 Å². The average Bonchev–Trinajstić information content (AvgIpc) is 3.10.